The van der Waals surface area contributed by atoms with Crippen molar-refractivity contribution in [3.8, 4) is 0 Å². The monoisotopic (exact) mass is 398 g/mol. The normalized spacial score (nSPS) is 14.7. The number of amides is 1. The number of halogens is 1. The first kappa shape index (κ1) is 18.1. The Morgan fingerprint density at radius 2 is 1.86 bits per heavy atom. The maximum absolute atomic E-state index is 12.9. The zero-order valence-corrected chi connectivity index (χ0v) is 15.4. The highest BCUT2D eigenvalue weighted by molar-refractivity contribution is 7.90. The standard InChI is InChI=1S/C20H15FN2O4S/c21-16-6-3-13(4-7-16)12-22-20(25)14-5-8-19-15(10-14)11-18(24)17-2-1-9-23(17)28(19,26)27/h1-10H,11-12H2,(H,22,25). The van der Waals surface area contributed by atoms with Crippen LogP contribution in [0.1, 0.15) is 32.0 Å². The highest BCUT2D eigenvalue weighted by Crippen LogP contribution is 2.27. The van der Waals surface area contributed by atoms with E-state index in [4.69, 9.17) is 0 Å². The fourth-order valence-corrected chi connectivity index (χ4v) is 4.72. The largest absolute Gasteiger partial charge is 0.348 e. The molecule has 142 valence electrons. The number of aromatic nitrogens is 1. The van der Waals surface area contributed by atoms with Crippen molar-refractivity contribution in [1.29, 1.82) is 0 Å². The van der Waals surface area contributed by atoms with E-state index in [0.717, 1.165) is 9.54 Å². The first-order chi connectivity index (χ1) is 13.4. The molecule has 1 aromatic heterocycles. The molecule has 2 aromatic carbocycles. The summed E-state index contributed by atoms with van der Waals surface area (Å²) in [5.41, 5.74) is 1.35. The number of ketones is 1. The summed E-state index contributed by atoms with van der Waals surface area (Å²) in [5, 5.41) is 2.70. The smallest absolute Gasteiger partial charge is 0.268 e. The van der Waals surface area contributed by atoms with Crippen LogP contribution in [0, 0.1) is 5.82 Å². The molecule has 2 heterocycles. The SMILES string of the molecule is O=C(NCc1ccc(F)cc1)c1ccc2c(c1)CC(=O)c1cccn1S2(=O)=O. The predicted octanol–water partition coefficient (Wildman–Crippen LogP) is 2.53. The minimum atomic E-state index is -3.90. The van der Waals surface area contributed by atoms with Gasteiger partial charge >= 0.3 is 0 Å². The van der Waals surface area contributed by atoms with Crippen molar-refractivity contribution in [3.05, 3.63) is 89.0 Å². The molecule has 0 saturated carbocycles. The number of hydrogen-bond acceptors (Lipinski definition) is 4. The van der Waals surface area contributed by atoms with Crippen LogP contribution in [0.15, 0.2) is 65.7 Å². The molecular formula is C20H15FN2O4S. The Labute approximate surface area is 160 Å². The van der Waals surface area contributed by atoms with Crippen molar-refractivity contribution in [2.75, 3.05) is 0 Å². The molecule has 0 atom stereocenters. The van der Waals surface area contributed by atoms with Gasteiger partial charge in [-0.1, -0.05) is 12.1 Å². The second-order valence-corrected chi connectivity index (χ2v) is 8.21. The molecule has 0 aliphatic carbocycles. The van der Waals surface area contributed by atoms with Crippen molar-refractivity contribution >= 4 is 21.7 Å². The lowest BCUT2D eigenvalue weighted by Crippen LogP contribution is -2.23. The average Bonchev–Trinajstić information content (AvgIpc) is 3.15. The third kappa shape index (κ3) is 3.11. The summed E-state index contributed by atoms with van der Waals surface area (Å²) in [6.45, 7) is 0.193. The molecule has 0 unspecified atom stereocenters. The lowest BCUT2D eigenvalue weighted by atomic mass is 10.0. The summed E-state index contributed by atoms with van der Waals surface area (Å²) < 4.78 is 39.6. The van der Waals surface area contributed by atoms with Gasteiger partial charge < -0.3 is 5.32 Å². The number of fused-ring (bicyclic) bond motifs is 2. The molecule has 3 aromatic rings. The quantitative estimate of drug-likeness (QED) is 0.735. The van der Waals surface area contributed by atoms with Gasteiger partial charge in [0.1, 0.15) is 11.5 Å². The second-order valence-electron chi connectivity index (χ2n) is 6.43. The van der Waals surface area contributed by atoms with Gasteiger partial charge in [-0.15, -0.1) is 0 Å². The van der Waals surface area contributed by atoms with Crippen LogP contribution in [0.25, 0.3) is 0 Å². The number of carbonyl (C=O) groups excluding carboxylic acids is 2. The Balaban J connectivity index is 1.62. The Bertz CT molecular complexity index is 1200. The summed E-state index contributed by atoms with van der Waals surface area (Å²) in [6.07, 6.45) is 1.22. The lowest BCUT2D eigenvalue weighted by molar-refractivity contribution is 0.0947. The van der Waals surface area contributed by atoms with Crippen LogP contribution in [0.4, 0.5) is 4.39 Å². The number of rotatable bonds is 3. The molecule has 0 fully saturated rings. The number of nitrogens with zero attached hydrogens (tertiary/aromatic N) is 1. The van der Waals surface area contributed by atoms with E-state index in [-0.39, 0.29) is 46.3 Å². The zero-order chi connectivity index (χ0) is 19.9. The number of carbonyl (C=O) groups is 2. The molecule has 1 aliphatic rings. The van der Waals surface area contributed by atoms with Crippen LogP contribution >= 0.6 is 0 Å². The molecule has 6 nitrogen and oxygen atoms in total. The molecule has 1 aliphatic heterocycles. The summed E-state index contributed by atoms with van der Waals surface area (Å²) in [7, 11) is -3.90. The first-order valence-corrected chi connectivity index (χ1v) is 9.92. The summed E-state index contributed by atoms with van der Waals surface area (Å²) in [6, 6.07) is 12.9. The van der Waals surface area contributed by atoms with E-state index in [1.54, 1.807) is 12.1 Å². The molecular weight excluding hydrogens is 383 g/mol. The Morgan fingerprint density at radius 1 is 1.11 bits per heavy atom. The van der Waals surface area contributed by atoms with Gasteiger partial charge in [0.25, 0.3) is 15.9 Å². The average molecular weight is 398 g/mol. The van der Waals surface area contributed by atoms with Crippen molar-refractivity contribution in [2.45, 2.75) is 17.9 Å². The maximum atomic E-state index is 12.9. The van der Waals surface area contributed by atoms with Gasteiger partial charge in [-0.2, -0.15) is 0 Å². The minimum absolute atomic E-state index is 0.00545. The maximum Gasteiger partial charge on any atom is 0.268 e. The summed E-state index contributed by atoms with van der Waals surface area (Å²) in [5.74, 6) is -1.12. The van der Waals surface area contributed by atoms with Crippen molar-refractivity contribution < 1.29 is 22.4 Å². The highest BCUT2D eigenvalue weighted by Gasteiger charge is 2.30. The van der Waals surface area contributed by atoms with E-state index in [1.807, 2.05) is 0 Å². The second kappa shape index (κ2) is 6.72. The number of hydrogen-bond donors (Lipinski definition) is 1. The van der Waals surface area contributed by atoms with E-state index in [1.165, 1.54) is 48.7 Å². The topological polar surface area (TPSA) is 85.2 Å². The Hall–Kier alpha value is -3.26. The molecule has 4 rings (SSSR count). The molecule has 0 spiro atoms. The van der Waals surface area contributed by atoms with Crippen LogP contribution in [-0.2, 0) is 23.0 Å². The molecule has 0 radical (unpaired) electrons. The minimum Gasteiger partial charge on any atom is -0.348 e. The molecule has 8 heteroatoms. The van der Waals surface area contributed by atoms with Gasteiger partial charge in [0, 0.05) is 24.7 Å². The highest BCUT2D eigenvalue weighted by atomic mass is 32.2. The lowest BCUT2D eigenvalue weighted by Gasteiger charge is -2.10. The zero-order valence-electron chi connectivity index (χ0n) is 14.6. The third-order valence-corrected chi connectivity index (χ3v) is 6.37. The number of benzene rings is 2. The van der Waals surface area contributed by atoms with Gasteiger partial charge in [-0.3, -0.25) is 9.59 Å². The fraction of sp³-hybridized carbons (Fsp3) is 0.100. The van der Waals surface area contributed by atoms with Crippen molar-refractivity contribution in [3.63, 3.8) is 0 Å². The summed E-state index contributed by atoms with van der Waals surface area (Å²) in [4.78, 5) is 24.9. The molecule has 0 bridgehead atoms. The van der Waals surface area contributed by atoms with E-state index < -0.39 is 15.9 Å². The molecule has 1 amide bonds. The van der Waals surface area contributed by atoms with Crippen LogP contribution in [0.2, 0.25) is 0 Å². The third-order valence-electron chi connectivity index (χ3n) is 4.58. The van der Waals surface area contributed by atoms with Gasteiger partial charge in [-0.05, 0) is 53.6 Å². The Morgan fingerprint density at radius 3 is 2.61 bits per heavy atom. The fourth-order valence-electron chi connectivity index (χ4n) is 3.16. The molecule has 28 heavy (non-hydrogen) atoms. The van der Waals surface area contributed by atoms with Gasteiger partial charge in [0.05, 0.1) is 4.90 Å². The first-order valence-electron chi connectivity index (χ1n) is 8.48. The van der Waals surface area contributed by atoms with E-state index in [2.05, 4.69) is 5.32 Å². The van der Waals surface area contributed by atoms with Crippen LogP contribution < -0.4 is 5.32 Å². The van der Waals surface area contributed by atoms with E-state index in [0.29, 0.717) is 0 Å². The Kier molecular flexibility index (Phi) is 4.35. The van der Waals surface area contributed by atoms with Crippen LogP contribution in [-0.4, -0.2) is 24.1 Å². The van der Waals surface area contributed by atoms with E-state index in [9.17, 15) is 22.4 Å². The van der Waals surface area contributed by atoms with Crippen molar-refractivity contribution in [2.24, 2.45) is 0 Å². The van der Waals surface area contributed by atoms with E-state index >= 15 is 0 Å². The van der Waals surface area contributed by atoms with Crippen LogP contribution in [0.3, 0.4) is 0 Å². The van der Waals surface area contributed by atoms with Crippen molar-refractivity contribution in [1.82, 2.24) is 9.29 Å². The van der Waals surface area contributed by atoms with Gasteiger partial charge in [0.15, 0.2) is 5.78 Å². The number of nitrogens with one attached hydrogen (secondary N) is 1. The molecule has 0 saturated heterocycles. The number of Topliss-reactive ketones (excluding diaryl/α,β-unsaturated/α-hetero) is 1. The predicted molar refractivity (Wildman–Crippen MR) is 99.1 cm³/mol. The molecule has 1 N–H and O–H groups in total. The van der Waals surface area contributed by atoms with Crippen LogP contribution in [0.5, 0.6) is 0 Å². The van der Waals surface area contributed by atoms with Gasteiger partial charge in [0.2, 0.25) is 0 Å². The summed E-state index contributed by atoms with van der Waals surface area (Å²) >= 11 is 0. The van der Waals surface area contributed by atoms with Gasteiger partial charge in [-0.25, -0.2) is 16.8 Å².